The summed E-state index contributed by atoms with van der Waals surface area (Å²) in [6.07, 6.45) is 3.46. The fourth-order valence-corrected chi connectivity index (χ4v) is 0.378. The highest BCUT2D eigenvalue weighted by atomic mass is 15.3. The van der Waals surface area contributed by atoms with Gasteiger partial charge < -0.3 is 4.90 Å². The van der Waals surface area contributed by atoms with E-state index in [9.17, 15) is 0 Å². The van der Waals surface area contributed by atoms with Crippen LogP contribution in [0.2, 0.25) is 0 Å². The quantitative estimate of drug-likeness (QED) is 0.476. The third kappa shape index (κ3) is 3.70. The van der Waals surface area contributed by atoms with Crippen molar-refractivity contribution in [3.63, 3.8) is 0 Å². The Morgan fingerprint density at radius 3 is 2.22 bits per heavy atom. The molecular weight excluding hydrogens is 114 g/mol. The summed E-state index contributed by atoms with van der Waals surface area (Å²) in [4.78, 5) is 1.95. The molecule has 0 aromatic rings. The Morgan fingerprint density at radius 1 is 1.33 bits per heavy atom. The molecule has 1 heterocycles. The molecule has 0 bridgehead atoms. The fraction of sp³-hybridized carbons (Fsp3) is 0.667. The van der Waals surface area contributed by atoms with Crippen molar-refractivity contribution in [3.05, 3.63) is 0 Å². The fourth-order valence-electron chi connectivity index (χ4n) is 0.378. The SMILES string of the molecule is CC.CN1C=NN=CC1. The minimum atomic E-state index is 0.878. The van der Waals surface area contributed by atoms with Gasteiger partial charge >= 0.3 is 0 Å². The van der Waals surface area contributed by atoms with Gasteiger partial charge in [-0.1, -0.05) is 13.8 Å². The molecule has 1 rings (SSSR count). The van der Waals surface area contributed by atoms with Crippen molar-refractivity contribution in [3.8, 4) is 0 Å². The van der Waals surface area contributed by atoms with Crippen molar-refractivity contribution in [2.75, 3.05) is 13.6 Å². The van der Waals surface area contributed by atoms with Crippen LogP contribution in [0.1, 0.15) is 13.8 Å². The van der Waals surface area contributed by atoms with E-state index < -0.39 is 0 Å². The molecule has 0 aromatic carbocycles. The molecule has 0 fully saturated rings. The second kappa shape index (κ2) is 5.28. The highest BCUT2D eigenvalue weighted by molar-refractivity contribution is 5.69. The van der Waals surface area contributed by atoms with Gasteiger partial charge in [-0.3, -0.25) is 0 Å². The third-order valence-corrected chi connectivity index (χ3v) is 0.767. The van der Waals surface area contributed by atoms with Crippen molar-refractivity contribution >= 4 is 12.6 Å². The first-order valence-electron chi connectivity index (χ1n) is 3.15. The lowest BCUT2D eigenvalue weighted by Gasteiger charge is -2.09. The predicted molar refractivity (Wildman–Crippen MR) is 41.0 cm³/mol. The van der Waals surface area contributed by atoms with Crippen LogP contribution in [0.3, 0.4) is 0 Å². The Kier molecular flexibility index (Phi) is 4.78. The Morgan fingerprint density at radius 2 is 2.00 bits per heavy atom. The van der Waals surface area contributed by atoms with Crippen molar-refractivity contribution in [2.24, 2.45) is 10.2 Å². The number of hydrogen-bond acceptors (Lipinski definition) is 3. The van der Waals surface area contributed by atoms with Crippen LogP contribution in [0.4, 0.5) is 0 Å². The normalized spacial score (nSPS) is 14.8. The summed E-state index contributed by atoms with van der Waals surface area (Å²) in [7, 11) is 1.95. The minimum Gasteiger partial charge on any atom is -0.359 e. The van der Waals surface area contributed by atoms with Crippen LogP contribution in [0, 0.1) is 0 Å². The molecule has 0 atom stereocenters. The van der Waals surface area contributed by atoms with E-state index in [1.165, 1.54) is 0 Å². The number of rotatable bonds is 0. The molecule has 0 saturated heterocycles. The maximum atomic E-state index is 3.63. The molecule has 0 aromatic heterocycles. The van der Waals surface area contributed by atoms with E-state index in [1.54, 1.807) is 12.6 Å². The summed E-state index contributed by atoms with van der Waals surface area (Å²) < 4.78 is 0. The molecule has 3 heteroatoms. The average Bonchev–Trinajstić information content (AvgIpc) is 1.94. The molecule has 52 valence electrons. The van der Waals surface area contributed by atoms with Crippen LogP contribution < -0.4 is 0 Å². The summed E-state index contributed by atoms with van der Waals surface area (Å²) in [5.41, 5.74) is 0. The highest BCUT2D eigenvalue weighted by Crippen LogP contribution is 1.80. The zero-order chi connectivity index (χ0) is 7.11. The van der Waals surface area contributed by atoms with Crippen molar-refractivity contribution < 1.29 is 0 Å². The van der Waals surface area contributed by atoms with Gasteiger partial charge in [0.25, 0.3) is 0 Å². The summed E-state index contributed by atoms with van der Waals surface area (Å²) in [6.45, 7) is 4.88. The van der Waals surface area contributed by atoms with Gasteiger partial charge in [0.1, 0.15) is 6.34 Å². The molecule has 9 heavy (non-hydrogen) atoms. The van der Waals surface area contributed by atoms with E-state index in [2.05, 4.69) is 10.2 Å². The van der Waals surface area contributed by atoms with Crippen LogP contribution in [0.25, 0.3) is 0 Å². The minimum absolute atomic E-state index is 0.878. The van der Waals surface area contributed by atoms with Gasteiger partial charge in [-0.25, -0.2) is 0 Å². The molecule has 0 radical (unpaired) electrons. The summed E-state index contributed by atoms with van der Waals surface area (Å²) in [5, 5.41) is 7.26. The Labute approximate surface area is 56.1 Å². The largest absolute Gasteiger partial charge is 0.359 e. The van der Waals surface area contributed by atoms with Crippen LogP contribution in [0.5, 0.6) is 0 Å². The molecule has 0 N–H and O–H groups in total. The van der Waals surface area contributed by atoms with Crippen LogP contribution in [-0.2, 0) is 0 Å². The van der Waals surface area contributed by atoms with Crippen molar-refractivity contribution in [1.29, 1.82) is 0 Å². The highest BCUT2D eigenvalue weighted by Gasteiger charge is 1.88. The molecule has 0 amide bonds. The van der Waals surface area contributed by atoms with Gasteiger partial charge in [-0.05, 0) is 0 Å². The first-order chi connectivity index (χ1) is 4.39. The van der Waals surface area contributed by atoms with Crippen molar-refractivity contribution in [2.45, 2.75) is 13.8 Å². The zero-order valence-corrected chi connectivity index (χ0v) is 6.20. The van der Waals surface area contributed by atoms with Gasteiger partial charge in [0, 0.05) is 13.3 Å². The maximum Gasteiger partial charge on any atom is 0.114 e. The van der Waals surface area contributed by atoms with Gasteiger partial charge in [-0.15, -0.1) is 5.10 Å². The lowest BCUT2D eigenvalue weighted by Crippen LogP contribution is -2.20. The van der Waals surface area contributed by atoms with E-state index in [0.717, 1.165) is 6.54 Å². The topological polar surface area (TPSA) is 28.0 Å². The van der Waals surface area contributed by atoms with E-state index >= 15 is 0 Å². The summed E-state index contributed by atoms with van der Waals surface area (Å²) in [5.74, 6) is 0. The third-order valence-electron chi connectivity index (χ3n) is 0.767. The smallest absolute Gasteiger partial charge is 0.114 e. The Bertz CT molecular complexity index is 107. The predicted octanol–water partition coefficient (Wildman–Crippen LogP) is 0.972. The second-order valence-corrected chi connectivity index (χ2v) is 1.47. The monoisotopic (exact) mass is 127 g/mol. The van der Waals surface area contributed by atoms with E-state index in [-0.39, 0.29) is 0 Å². The zero-order valence-electron chi connectivity index (χ0n) is 6.20. The lowest BCUT2D eigenvalue weighted by molar-refractivity contribution is 0.592. The second-order valence-electron chi connectivity index (χ2n) is 1.47. The van der Waals surface area contributed by atoms with Gasteiger partial charge in [0.15, 0.2) is 0 Å². The van der Waals surface area contributed by atoms with Crippen LogP contribution in [0.15, 0.2) is 10.2 Å². The van der Waals surface area contributed by atoms with E-state index in [1.807, 2.05) is 25.8 Å². The van der Waals surface area contributed by atoms with Crippen molar-refractivity contribution in [1.82, 2.24) is 4.90 Å². The molecule has 1 aliphatic rings. The lowest BCUT2D eigenvalue weighted by atomic mass is 10.6. The molecule has 0 aliphatic carbocycles. The van der Waals surface area contributed by atoms with Gasteiger partial charge in [0.2, 0.25) is 0 Å². The number of nitrogens with zero attached hydrogens (tertiary/aromatic N) is 3. The molecule has 3 nitrogen and oxygen atoms in total. The standard InChI is InChI=1S/C4H7N3.C2H6/c1-7-3-2-5-6-4-7;1-2/h2,4H,3H2,1H3;1-2H3. The molecule has 1 aliphatic heterocycles. The van der Waals surface area contributed by atoms with Gasteiger partial charge in [0.05, 0.1) is 6.54 Å². The molecule has 0 spiro atoms. The summed E-state index contributed by atoms with van der Waals surface area (Å²) in [6, 6.07) is 0. The summed E-state index contributed by atoms with van der Waals surface area (Å²) >= 11 is 0. The first-order valence-corrected chi connectivity index (χ1v) is 3.15. The first kappa shape index (κ1) is 8.14. The Balaban J connectivity index is 0.000000291. The van der Waals surface area contributed by atoms with E-state index in [4.69, 9.17) is 0 Å². The maximum absolute atomic E-state index is 3.63. The van der Waals surface area contributed by atoms with Crippen LogP contribution >= 0.6 is 0 Å². The van der Waals surface area contributed by atoms with E-state index in [0.29, 0.717) is 0 Å². The Hall–Kier alpha value is -0.860. The van der Waals surface area contributed by atoms with Gasteiger partial charge in [-0.2, -0.15) is 5.10 Å². The van der Waals surface area contributed by atoms with Crippen LogP contribution in [-0.4, -0.2) is 31.0 Å². The number of hydrogen-bond donors (Lipinski definition) is 0. The molecule has 0 unspecified atom stereocenters. The molecule has 0 saturated carbocycles. The average molecular weight is 127 g/mol. The molecular formula is C6H13N3.